The molecule has 2 N–H and O–H groups in total. The summed E-state index contributed by atoms with van der Waals surface area (Å²) in [5.74, 6) is -0.829. The van der Waals surface area contributed by atoms with E-state index >= 15 is 0 Å². The molecule has 16 heavy (non-hydrogen) atoms. The molecule has 0 atom stereocenters. The van der Waals surface area contributed by atoms with Gasteiger partial charge in [-0.3, -0.25) is 4.79 Å². The standard InChI is InChI=1S/C12H12BrNO2/c1-12(2,11(15)16)7-6-14-9-5-3-4-8(13)10(7)9/h3-6,14H,1-2H3,(H,15,16). The monoisotopic (exact) mass is 281 g/mol. The molecule has 2 rings (SSSR count). The third-order valence-corrected chi connectivity index (χ3v) is 3.52. The number of hydrogen-bond donors (Lipinski definition) is 2. The van der Waals surface area contributed by atoms with E-state index in [-0.39, 0.29) is 0 Å². The molecule has 0 fully saturated rings. The molecule has 0 saturated heterocycles. The zero-order chi connectivity index (χ0) is 11.9. The van der Waals surface area contributed by atoms with Gasteiger partial charge in [0.25, 0.3) is 0 Å². The summed E-state index contributed by atoms with van der Waals surface area (Å²) in [6.45, 7) is 3.41. The summed E-state index contributed by atoms with van der Waals surface area (Å²) in [7, 11) is 0. The highest BCUT2D eigenvalue weighted by Gasteiger charge is 2.32. The van der Waals surface area contributed by atoms with Crippen molar-refractivity contribution in [2.24, 2.45) is 0 Å². The van der Waals surface area contributed by atoms with Gasteiger partial charge in [-0.05, 0) is 31.5 Å². The zero-order valence-electron chi connectivity index (χ0n) is 9.04. The molecule has 0 amide bonds. The van der Waals surface area contributed by atoms with Crippen LogP contribution in [0.4, 0.5) is 0 Å². The molecule has 84 valence electrons. The number of carboxylic acid groups (broad SMARTS) is 1. The largest absolute Gasteiger partial charge is 0.481 e. The maximum Gasteiger partial charge on any atom is 0.313 e. The number of nitrogens with one attached hydrogen (secondary N) is 1. The fraction of sp³-hybridized carbons (Fsp3) is 0.250. The van der Waals surface area contributed by atoms with Gasteiger partial charge in [0, 0.05) is 21.6 Å². The Morgan fingerprint density at radius 1 is 1.44 bits per heavy atom. The van der Waals surface area contributed by atoms with E-state index in [9.17, 15) is 9.90 Å². The van der Waals surface area contributed by atoms with Crippen LogP contribution >= 0.6 is 15.9 Å². The van der Waals surface area contributed by atoms with Crippen molar-refractivity contribution in [3.05, 3.63) is 34.4 Å². The van der Waals surface area contributed by atoms with Crippen LogP contribution in [-0.2, 0) is 10.2 Å². The third kappa shape index (κ3) is 1.53. The lowest BCUT2D eigenvalue weighted by molar-refractivity contribution is -0.142. The average Bonchev–Trinajstić information content (AvgIpc) is 2.63. The molecule has 0 radical (unpaired) electrons. The Morgan fingerprint density at radius 2 is 2.12 bits per heavy atom. The van der Waals surface area contributed by atoms with Crippen molar-refractivity contribution in [1.29, 1.82) is 0 Å². The van der Waals surface area contributed by atoms with Gasteiger partial charge in [0.2, 0.25) is 0 Å². The van der Waals surface area contributed by atoms with E-state index in [4.69, 9.17) is 0 Å². The Kier molecular flexibility index (Phi) is 2.54. The molecular weight excluding hydrogens is 270 g/mol. The van der Waals surface area contributed by atoms with Crippen molar-refractivity contribution >= 4 is 32.8 Å². The number of halogens is 1. The van der Waals surface area contributed by atoms with Crippen LogP contribution in [0.1, 0.15) is 19.4 Å². The number of rotatable bonds is 2. The van der Waals surface area contributed by atoms with Crippen molar-refractivity contribution in [1.82, 2.24) is 4.98 Å². The van der Waals surface area contributed by atoms with Crippen LogP contribution < -0.4 is 0 Å². The second-order valence-corrected chi connectivity index (χ2v) is 5.15. The second kappa shape index (κ2) is 3.63. The SMILES string of the molecule is CC(C)(C(=O)O)c1c[nH]c2cccc(Br)c12. The first-order valence-corrected chi connectivity index (χ1v) is 5.73. The number of carboxylic acids is 1. The lowest BCUT2D eigenvalue weighted by Gasteiger charge is -2.18. The van der Waals surface area contributed by atoms with Crippen LogP contribution in [0, 0.1) is 0 Å². The summed E-state index contributed by atoms with van der Waals surface area (Å²) in [4.78, 5) is 14.3. The van der Waals surface area contributed by atoms with Crippen LogP contribution in [0.2, 0.25) is 0 Å². The number of H-pyrrole nitrogens is 1. The molecular formula is C12H12BrNO2. The Hall–Kier alpha value is -1.29. The summed E-state index contributed by atoms with van der Waals surface area (Å²) in [5.41, 5.74) is 0.837. The molecule has 4 heteroatoms. The van der Waals surface area contributed by atoms with E-state index in [0.717, 1.165) is 20.9 Å². The Labute approximate surface area is 102 Å². The van der Waals surface area contributed by atoms with Gasteiger partial charge in [-0.1, -0.05) is 22.0 Å². The highest BCUT2D eigenvalue weighted by Crippen LogP contribution is 2.34. The van der Waals surface area contributed by atoms with Crippen molar-refractivity contribution in [2.45, 2.75) is 19.3 Å². The topological polar surface area (TPSA) is 53.1 Å². The molecule has 1 aromatic carbocycles. The normalized spacial score (nSPS) is 11.9. The average molecular weight is 282 g/mol. The maximum atomic E-state index is 11.2. The van der Waals surface area contributed by atoms with Gasteiger partial charge in [0.1, 0.15) is 0 Å². The molecule has 0 unspecified atom stereocenters. The van der Waals surface area contributed by atoms with E-state index in [1.807, 2.05) is 18.2 Å². The van der Waals surface area contributed by atoms with Gasteiger partial charge >= 0.3 is 5.97 Å². The van der Waals surface area contributed by atoms with Crippen LogP contribution in [0.3, 0.4) is 0 Å². The van der Waals surface area contributed by atoms with E-state index in [0.29, 0.717) is 0 Å². The lowest BCUT2D eigenvalue weighted by atomic mass is 9.85. The molecule has 0 spiro atoms. The molecule has 0 saturated carbocycles. The molecule has 0 aliphatic rings. The summed E-state index contributed by atoms with van der Waals surface area (Å²) in [5, 5.41) is 10.2. The molecule has 1 aromatic heterocycles. The zero-order valence-corrected chi connectivity index (χ0v) is 10.6. The van der Waals surface area contributed by atoms with Crippen LogP contribution in [-0.4, -0.2) is 16.1 Å². The number of carbonyl (C=O) groups is 1. The fourth-order valence-corrected chi connectivity index (χ4v) is 2.33. The number of benzene rings is 1. The van der Waals surface area contributed by atoms with Crippen LogP contribution in [0.5, 0.6) is 0 Å². The minimum absolute atomic E-state index is 0.794. The summed E-state index contributed by atoms with van der Waals surface area (Å²) in [6, 6.07) is 5.76. The minimum Gasteiger partial charge on any atom is -0.481 e. The Bertz CT molecular complexity index is 557. The fourth-order valence-electron chi connectivity index (χ4n) is 1.75. The van der Waals surface area contributed by atoms with Crippen LogP contribution in [0.25, 0.3) is 10.9 Å². The summed E-state index contributed by atoms with van der Waals surface area (Å²) >= 11 is 3.46. The predicted molar refractivity (Wildman–Crippen MR) is 66.7 cm³/mol. The number of aromatic nitrogens is 1. The van der Waals surface area contributed by atoms with Gasteiger partial charge < -0.3 is 10.1 Å². The number of hydrogen-bond acceptors (Lipinski definition) is 1. The van der Waals surface area contributed by atoms with Gasteiger partial charge in [-0.2, -0.15) is 0 Å². The first-order valence-electron chi connectivity index (χ1n) is 4.94. The first kappa shape index (κ1) is 11.2. The van der Waals surface area contributed by atoms with Crippen molar-refractivity contribution in [3.8, 4) is 0 Å². The Balaban J connectivity index is 2.76. The quantitative estimate of drug-likeness (QED) is 0.888. The third-order valence-electron chi connectivity index (χ3n) is 2.86. The van der Waals surface area contributed by atoms with Crippen LogP contribution in [0.15, 0.2) is 28.9 Å². The number of aromatic amines is 1. The lowest BCUT2D eigenvalue weighted by Crippen LogP contribution is -2.28. The summed E-state index contributed by atoms with van der Waals surface area (Å²) in [6.07, 6.45) is 1.77. The summed E-state index contributed by atoms with van der Waals surface area (Å²) < 4.78 is 0.913. The first-order chi connectivity index (χ1) is 7.44. The van der Waals surface area contributed by atoms with E-state index in [1.54, 1.807) is 20.0 Å². The number of aliphatic carboxylic acids is 1. The second-order valence-electron chi connectivity index (χ2n) is 4.29. The van der Waals surface area contributed by atoms with Gasteiger partial charge in [-0.25, -0.2) is 0 Å². The van der Waals surface area contributed by atoms with Crippen molar-refractivity contribution in [2.75, 3.05) is 0 Å². The minimum atomic E-state index is -0.901. The highest BCUT2D eigenvalue weighted by atomic mass is 79.9. The maximum absolute atomic E-state index is 11.2. The predicted octanol–water partition coefficient (Wildman–Crippen LogP) is 3.29. The molecule has 0 bridgehead atoms. The van der Waals surface area contributed by atoms with Gasteiger partial charge in [0.15, 0.2) is 0 Å². The molecule has 0 aliphatic carbocycles. The molecule has 2 aromatic rings. The van der Waals surface area contributed by atoms with Crippen molar-refractivity contribution in [3.63, 3.8) is 0 Å². The van der Waals surface area contributed by atoms with E-state index in [1.165, 1.54) is 0 Å². The van der Waals surface area contributed by atoms with E-state index in [2.05, 4.69) is 20.9 Å². The van der Waals surface area contributed by atoms with Gasteiger partial charge in [-0.15, -0.1) is 0 Å². The smallest absolute Gasteiger partial charge is 0.313 e. The van der Waals surface area contributed by atoms with Crippen molar-refractivity contribution < 1.29 is 9.90 Å². The Morgan fingerprint density at radius 3 is 2.75 bits per heavy atom. The number of fused-ring (bicyclic) bond motifs is 1. The van der Waals surface area contributed by atoms with E-state index < -0.39 is 11.4 Å². The molecule has 1 heterocycles. The van der Waals surface area contributed by atoms with Gasteiger partial charge in [0.05, 0.1) is 5.41 Å². The molecule has 0 aliphatic heterocycles. The molecule has 3 nitrogen and oxygen atoms in total. The highest BCUT2D eigenvalue weighted by molar-refractivity contribution is 9.10.